The Balaban J connectivity index is 1.83. The van der Waals surface area contributed by atoms with Crippen molar-refractivity contribution in [2.24, 2.45) is 0 Å². The molecular formula is C11H7Cl2N3OS. The molecule has 1 N–H and O–H groups in total. The lowest BCUT2D eigenvalue weighted by molar-refractivity contribution is 0.602. The van der Waals surface area contributed by atoms with Crippen LogP contribution in [0, 0.1) is 0 Å². The first-order chi connectivity index (χ1) is 8.72. The molecule has 7 heteroatoms. The molecule has 0 saturated heterocycles. The topological polar surface area (TPSA) is 51.0 Å². The summed E-state index contributed by atoms with van der Waals surface area (Å²) in [5.41, 5.74) is 2.24. The van der Waals surface area contributed by atoms with Crippen LogP contribution in [-0.2, 0) is 6.54 Å². The van der Waals surface area contributed by atoms with Gasteiger partial charge in [0.1, 0.15) is 5.52 Å². The number of fused-ring (bicyclic) bond motifs is 1. The van der Waals surface area contributed by atoms with Gasteiger partial charge in [-0.25, -0.2) is 9.97 Å². The Hall–Kier alpha value is -1.30. The van der Waals surface area contributed by atoms with E-state index in [0.717, 1.165) is 16.1 Å². The van der Waals surface area contributed by atoms with Crippen molar-refractivity contribution >= 4 is 51.3 Å². The van der Waals surface area contributed by atoms with Gasteiger partial charge in [-0.1, -0.05) is 23.2 Å². The molecule has 0 aliphatic rings. The normalized spacial score (nSPS) is 11.0. The van der Waals surface area contributed by atoms with E-state index in [4.69, 9.17) is 27.6 Å². The zero-order valence-corrected chi connectivity index (χ0v) is 11.3. The van der Waals surface area contributed by atoms with Crippen LogP contribution in [0.2, 0.25) is 9.49 Å². The summed E-state index contributed by atoms with van der Waals surface area (Å²) >= 11 is 13.3. The lowest BCUT2D eigenvalue weighted by Crippen LogP contribution is -1.97. The molecule has 3 aromatic rings. The second kappa shape index (κ2) is 4.76. The van der Waals surface area contributed by atoms with Gasteiger partial charge in [0.2, 0.25) is 0 Å². The Labute approximate surface area is 117 Å². The molecule has 0 aliphatic carbocycles. The molecule has 0 amide bonds. The SMILES string of the molecule is Clc1ncc(CNc2cc3ocnc3cc2Cl)s1. The van der Waals surface area contributed by atoms with Crippen molar-refractivity contribution < 1.29 is 4.42 Å². The van der Waals surface area contributed by atoms with Gasteiger partial charge in [0.05, 0.1) is 17.3 Å². The van der Waals surface area contributed by atoms with Gasteiger partial charge in [-0.05, 0) is 6.07 Å². The number of oxazole rings is 1. The van der Waals surface area contributed by atoms with Crippen molar-refractivity contribution in [1.29, 1.82) is 0 Å². The van der Waals surface area contributed by atoms with Gasteiger partial charge in [0.25, 0.3) is 0 Å². The van der Waals surface area contributed by atoms with Crippen molar-refractivity contribution in [3.63, 3.8) is 0 Å². The van der Waals surface area contributed by atoms with Crippen LogP contribution >= 0.6 is 34.5 Å². The monoisotopic (exact) mass is 299 g/mol. The highest BCUT2D eigenvalue weighted by Crippen LogP contribution is 2.28. The summed E-state index contributed by atoms with van der Waals surface area (Å²) in [7, 11) is 0. The van der Waals surface area contributed by atoms with Crippen molar-refractivity contribution in [2.45, 2.75) is 6.54 Å². The van der Waals surface area contributed by atoms with Crippen LogP contribution < -0.4 is 5.32 Å². The number of thiazole rings is 1. The van der Waals surface area contributed by atoms with E-state index in [2.05, 4.69) is 15.3 Å². The summed E-state index contributed by atoms with van der Waals surface area (Å²) < 4.78 is 5.76. The number of hydrogen-bond donors (Lipinski definition) is 1. The number of nitrogens with one attached hydrogen (secondary N) is 1. The Morgan fingerprint density at radius 3 is 2.94 bits per heavy atom. The lowest BCUT2D eigenvalue weighted by atomic mass is 10.3. The molecule has 4 nitrogen and oxygen atoms in total. The largest absolute Gasteiger partial charge is 0.443 e. The quantitative estimate of drug-likeness (QED) is 0.787. The van der Waals surface area contributed by atoms with Crippen LogP contribution in [0.4, 0.5) is 5.69 Å². The molecule has 1 aromatic carbocycles. The highest BCUT2D eigenvalue weighted by molar-refractivity contribution is 7.15. The number of hydrogen-bond acceptors (Lipinski definition) is 5. The predicted octanol–water partition coefficient (Wildman–Crippen LogP) is 4.20. The number of aromatic nitrogens is 2. The van der Waals surface area contributed by atoms with Crippen molar-refractivity contribution in [1.82, 2.24) is 9.97 Å². The molecule has 92 valence electrons. The fourth-order valence-electron chi connectivity index (χ4n) is 1.56. The highest BCUT2D eigenvalue weighted by Gasteiger charge is 2.07. The third-order valence-corrected chi connectivity index (χ3v) is 3.83. The second-order valence-electron chi connectivity index (χ2n) is 3.59. The van der Waals surface area contributed by atoms with E-state index >= 15 is 0 Å². The van der Waals surface area contributed by atoms with E-state index in [-0.39, 0.29) is 0 Å². The molecule has 0 radical (unpaired) electrons. The minimum absolute atomic E-state index is 0.531. The van der Waals surface area contributed by atoms with Crippen molar-refractivity contribution in [3.05, 3.63) is 39.1 Å². The molecule has 2 heterocycles. The molecule has 3 rings (SSSR count). The van der Waals surface area contributed by atoms with E-state index in [1.807, 2.05) is 6.07 Å². The molecule has 0 fully saturated rings. The molecule has 0 unspecified atom stereocenters. The summed E-state index contributed by atoms with van der Waals surface area (Å²) in [5.74, 6) is 0. The summed E-state index contributed by atoms with van der Waals surface area (Å²) in [6.07, 6.45) is 3.13. The number of anilines is 1. The smallest absolute Gasteiger partial charge is 0.183 e. The average Bonchev–Trinajstić information content (AvgIpc) is 2.94. The summed E-state index contributed by atoms with van der Waals surface area (Å²) in [5, 5.41) is 3.82. The standard InChI is InChI=1S/C11H7Cl2N3OS/c12-7-1-9-10(17-5-16-9)2-8(7)14-3-6-4-15-11(13)18-6/h1-2,4-5,14H,3H2. The van der Waals surface area contributed by atoms with E-state index in [1.165, 1.54) is 17.7 Å². The Bertz CT molecular complexity index is 694. The first-order valence-corrected chi connectivity index (χ1v) is 6.66. The van der Waals surface area contributed by atoms with Crippen LogP contribution in [0.5, 0.6) is 0 Å². The second-order valence-corrected chi connectivity index (χ2v) is 5.69. The number of rotatable bonds is 3. The van der Waals surface area contributed by atoms with Crippen LogP contribution in [0.1, 0.15) is 4.88 Å². The average molecular weight is 300 g/mol. The van der Waals surface area contributed by atoms with E-state index < -0.39 is 0 Å². The molecule has 18 heavy (non-hydrogen) atoms. The number of benzene rings is 1. The van der Waals surface area contributed by atoms with Gasteiger partial charge in [-0.2, -0.15) is 0 Å². The first-order valence-electron chi connectivity index (χ1n) is 5.09. The van der Waals surface area contributed by atoms with Gasteiger partial charge >= 0.3 is 0 Å². The minimum Gasteiger partial charge on any atom is -0.443 e. The fourth-order valence-corrected chi connectivity index (χ4v) is 2.70. The van der Waals surface area contributed by atoms with E-state index in [9.17, 15) is 0 Å². The molecule has 0 saturated carbocycles. The van der Waals surface area contributed by atoms with Crippen LogP contribution in [0.15, 0.2) is 29.1 Å². The summed E-state index contributed by atoms with van der Waals surface area (Å²) in [6.45, 7) is 0.615. The van der Waals surface area contributed by atoms with Gasteiger partial charge < -0.3 is 9.73 Å². The third kappa shape index (κ3) is 2.29. The molecule has 2 aromatic heterocycles. The van der Waals surface area contributed by atoms with Gasteiger partial charge in [-0.3, -0.25) is 0 Å². The number of halogens is 2. The maximum atomic E-state index is 6.15. The van der Waals surface area contributed by atoms with Crippen molar-refractivity contribution in [2.75, 3.05) is 5.32 Å². The summed E-state index contributed by atoms with van der Waals surface area (Å²) in [6, 6.07) is 3.59. The van der Waals surface area contributed by atoms with E-state index in [1.54, 1.807) is 12.3 Å². The molecular weight excluding hydrogens is 293 g/mol. The molecule has 0 atom stereocenters. The lowest BCUT2D eigenvalue weighted by Gasteiger charge is -2.06. The Morgan fingerprint density at radius 2 is 2.17 bits per heavy atom. The fraction of sp³-hybridized carbons (Fsp3) is 0.0909. The van der Waals surface area contributed by atoms with Crippen molar-refractivity contribution in [3.8, 4) is 0 Å². The van der Waals surface area contributed by atoms with Crippen LogP contribution in [0.25, 0.3) is 11.1 Å². The van der Waals surface area contributed by atoms with Gasteiger partial charge in [-0.15, -0.1) is 11.3 Å². The Morgan fingerprint density at radius 1 is 1.28 bits per heavy atom. The van der Waals surface area contributed by atoms with Crippen LogP contribution in [0.3, 0.4) is 0 Å². The molecule has 0 bridgehead atoms. The zero-order chi connectivity index (χ0) is 12.5. The minimum atomic E-state index is 0.531. The maximum Gasteiger partial charge on any atom is 0.183 e. The summed E-state index contributed by atoms with van der Waals surface area (Å²) in [4.78, 5) is 9.05. The molecule has 0 spiro atoms. The molecule has 0 aliphatic heterocycles. The zero-order valence-electron chi connectivity index (χ0n) is 8.98. The number of nitrogens with zero attached hydrogens (tertiary/aromatic N) is 2. The van der Waals surface area contributed by atoms with Gasteiger partial charge in [0, 0.05) is 17.1 Å². The Kier molecular flexibility index (Phi) is 3.11. The van der Waals surface area contributed by atoms with Crippen LogP contribution in [-0.4, -0.2) is 9.97 Å². The van der Waals surface area contributed by atoms with E-state index in [0.29, 0.717) is 21.6 Å². The third-order valence-electron chi connectivity index (χ3n) is 2.40. The highest BCUT2D eigenvalue weighted by atomic mass is 35.5. The predicted molar refractivity (Wildman–Crippen MR) is 73.5 cm³/mol. The van der Waals surface area contributed by atoms with Gasteiger partial charge in [0.15, 0.2) is 16.4 Å². The first kappa shape index (κ1) is 11.8. The maximum absolute atomic E-state index is 6.15.